The van der Waals surface area contributed by atoms with Crippen molar-refractivity contribution >= 4 is 17.3 Å². The normalized spacial score (nSPS) is 16.8. The Hall–Kier alpha value is -0.770. The molecular formula is C15H23ClN2O. The van der Waals surface area contributed by atoms with E-state index in [9.17, 15) is 0 Å². The summed E-state index contributed by atoms with van der Waals surface area (Å²) in [6.07, 6.45) is 2.70. The van der Waals surface area contributed by atoms with Crippen molar-refractivity contribution in [3.05, 3.63) is 28.8 Å². The first-order valence-electron chi connectivity index (χ1n) is 6.88. The lowest BCUT2D eigenvalue weighted by Gasteiger charge is -2.29. The van der Waals surface area contributed by atoms with Crippen LogP contribution in [-0.2, 0) is 11.3 Å². The summed E-state index contributed by atoms with van der Waals surface area (Å²) in [6.45, 7) is 4.87. The van der Waals surface area contributed by atoms with Crippen molar-refractivity contribution in [2.45, 2.75) is 32.4 Å². The van der Waals surface area contributed by atoms with Crippen molar-refractivity contribution in [2.24, 2.45) is 5.92 Å². The van der Waals surface area contributed by atoms with Gasteiger partial charge in [0.2, 0.25) is 0 Å². The average Bonchev–Trinajstić information content (AvgIpc) is 3.20. The molecule has 19 heavy (non-hydrogen) atoms. The molecule has 0 spiro atoms. The second-order valence-corrected chi connectivity index (χ2v) is 5.82. The van der Waals surface area contributed by atoms with Crippen LogP contribution in [0.5, 0.6) is 0 Å². The third-order valence-corrected chi connectivity index (χ3v) is 4.18. The number of hydrogen-bond donors (Lipinski definition) is 1. The van der Waals surface area contributed by atoms with Gasteiger partial charge >= 0.3 is 0 Å². The van der Waals surface area contributed by atoms with E-state index >= 15 is 0 Å². The van der Waals surface area contributed by atoms with E-state index in [1.165, 1.54) is 12.8 Å². The van der Waals surface area contributed by atoms with Gasteiger partial charge in [0.05, 0.1) is 6.61 Å². The Balaban J connectivity index is 2.05. The van der Waals surface area contributed by atoms with Crippen molar-refractivity contribution in [1.82, 2.24) is 4.90 Å². The van der Waals surface area contributed by atoms with Crippen LogP contribution in [0, 0.1) is 5.92 Å². The molecule has 0 radical (unpaired) electrons. The summed E-state index contributed by atoms with van der Waals surface area (Å²) in [5.74, 6) is 0.838. The van der Waals surface area contributed by atoms with Gasteiger partial charge in [-0.2, -0.15) is 0 Å². The molecule has 1 saturated carbocycles. The molecule has 106 valence electrons. The lowest BCUT2D eigenvalue weighted by atomic mass is 10.1. The quantitative estimate of drug-likeness (QED) is 0.781. The Kier molecular flexibility index (Phi) is 5.08. The maximum Gasteiger partial charge on any atom is 0.0589 e. The maximum atomic E-state index is 6.05. The number of rotatable bonds is 7. The van der Waals surface area contributed by atoms with E-state index in [1.54, 1.807) is 7.11 Å². The third kappa shape index (κ3) is 4.10. The predicted octanol–water partition coefficient (Wildman–Crippen LogP) is 3.17. The first kappa shape index (κ1) is 14.6. The van der Waals surface area contributed by atoms with Gasteiger partial charge in [-0.3, -0.25) is 4.90 Å². The first-order chi connectivity index (χ1) is 9.11. The Bertz CT molecular complexity index is 421. The fraction of sp³-hybridized carbons (Fsp3) is 0.600. The van der Waals surface area contributed by atoms with Crippen LogP contribution in [0.25, 0.3) is 0 Å². The molecule has 0 saturated heterocycles. The van der Waals surface area contributed by atoms with Gasteiger partial charge < -0.3 is 10.5 Å². The summed E-state index contributed by atoms with van der Waals surface area (Å²) in [7, 11) is 1.75. The molecule has 1 aromatic carbocycles. The number of anilines is 1. The monoisotopic (exact) mass is 282 g/mol. The molecule has 4 heteroatoms. The molecule has 3 nitrogen and oxygen atoms in total. The zero-order valence-corrected chi connectivity index (χ0v) is 12.5. The fourth-order valence-corrected chi connectivity index (χ4v) is 2.62. The number of benzene rings is 1. The summed E-state index contributed by atoms with van der Waals surface area (Å²) in [6, 6.07) is 6.35. The molecule has 0 aromatic heterocycles. The van der Waals surface area contributed by atoms with E-state index < -0.39 is 0 Å². The summed E-state index contributed by atoms with van der Waals surface area (Å²) >= 11 is 5.95. The topological polar surface area (TPSA) is 38.5 Å². The van der Waals surface area contributed by atoms with E-state index in [2.05, 4.69) is 11.8 Å². The summed E-state index contributed by atoms with van der Waals surface area (Å²) in [4.78, 5) is 2.46. The molecule has 1 aliphatic rings. The third-order valence-electron chi connectivity index (χ3n) is 3.94. The highest BCUT2D eigenvalue weighted by Gasteiger charge is 2.31. The Labute approximate surface area is 120 Å². The number of hydrogen-bond acceptors (Lipinski definition) is 3. The van der Waals surface area contributed by atoms with Crippen LogP contribution >= 0.6 is 11.6 Å². The van der Waals surface area contributed by atoms with Crippen LogP contribution < -0.4 is 5.73 Å². The standard InChI is InChI=1S/C15H23ClN2O/c1-11(12-3-4-12)18(7-8-19-2)10-13-5-6-14(16)9-15(13)17/h5-6,9,11-12H,3-4,7-8,10,17H2,1-2H3. The largest absolute Gasteiger partial charge is 0.398 e. The molecule has 0 aliphatic heterocycles. The van der Waals surface area contributed by atoms with Crippen molar-refractivity contribution in [3.8, 4) is 0 Å². The van der Waals surface area contributed by atoms with Gasteiger partial charge in [0, 0.05) is 37.0 Å². The predicted molar refractivity (Wildman–Crippen MR) is 80.3 cm³/mol. The smallest absolute Gasteiger partial charge is 0.0589 e. The SMILES string of the molecule is COCCN(Cc1ccc(Cl)cc1N)C(C)C1CC1. The molecule has 1 aliphatic carbocycles. The number of nitrogens with two attached hydrogens (primary N) is 1. The van der Waals surface area contributed by atoms with Crippen LogP contribution in [0.3, 0.4) is 0 Å². The molecule has 0 bridgehead atoms. The number of halogens is 1. The molecule has 2 N–H and O–H groups in total. The van der Waals surface area contributed by atoms with Crippen molar-refractivity contribution in [2.75, 3.05) is 26.0 Å². The maximum absolute atomic E-state index is 6.05. The molecular weight excluding hydrogens is 260 g/mol. The lowest BCUT2D eigenvalue weighted by molar-refractivity contribution is 0.112. The Morgan fingerprint density at radius 3 is 2.79 bits per heavy atom. The highest BCUT2D eigenvalue weighted by molar-refractivity contribution is 6.30. The Morgan fingerprint density at radius 2 is 2.21 bits per heavy atom. The summed E-state index contributed by atoms with van der Waals surface area (Å²) in [5, 5.41) is 0.694. The second kappa shape index (κ2) is 6.60. The number of nitrogen functional groups attached to an aromatic ring is 1. The first-order valence-corrected chi connectivity index (χ1v) is 7.26. The van der Waals surface area contributed by atoms with Crippen LogP contribution in [0.1, 0.15) is 25.3 Å². The Morgan fingerprint density at radius 1 is 1.47 bits per heavy atom. The molecule has 0 heterocycles. The van der Waals surface area contributed by atoms with Gasteiger partial charge in [0.15, 0.2) is 0 Å². The van der Waals surface area contributed by atoms with Crippen LogP contribution in [0.15, 0.2) is 18.2 Å². The van der Waals surface area contributed by atoms with Gasteiger partial charge in [-0.15, -0.1) is 0 Å². The van der Waals surface area contributed by atoms with Crippen molar-refractivity contribution < 1.29 is 4.74 Å². The van der Waals surface area contributed by atoms with Gasteiger partial charge in [-0.25, -0.2) is 0 Å². The molecule has 1 atom stereocenters. The average molecular weight is 283 g/mol. The zero-order valence-electron chi connectivity index (χ0n) is 11.7. The number of ether oxygens (including phenoxy) is 1. The minimum atomic E-state index is 0.588. The van der Waals surface area contributed by atoms with E-state index in [1.807, 2.05) is 18.2 Å². The van der Waals surface area contributed by atoms with Gasteiger partial charge in [-0.1, -0.05) is 17.7 Å². The van der Waals surface area contributed by atoms with Crippen LogP contribution in [0.2, 0.25) is 5.02 Å². The minimum Gasteiger partial charge on any atom is -0.398 e. The van der Waals surface area contributed by atoms with Crippen molar-refractivity contribution in [1.29, 1.82) is 0 Å². The lowest BCUT2D eigenvalue weighted by Crippen LogP contribution is -2.36. The van der Waals surface area contributed by atoms with E-state index in [-0.39, 0.29) is 0 Å². The van der Waals surface area contributed by atoms with E-state index in [4.69, 9.17) is 22.1 Å². The molecule has 1 aromatic rings. The highest BCUT2D eigenvalue weighted by Crippen LogP contribution is 2.36. The summed E-state index contributed by atoms with van der Waals surface area (Å²) < 4.78 is 5.22. The highest BCUT2D eigenvalue weighted by atomic mass is 35.5. The second-order valence-electron chi connectivity index (χ2n) is 5.38. The van der Waals surface area contributed by atoms with Crippen LogP contribution in [-0.4, -0.2) is 31.2 Å². The molecule has 1 unspecified atom stereocenters. The molecule has 2 rings (SSSR count). The summed E-state index contributed by atoms with van der Waals surface area (Å²) in [5.41, 5.74) is 7.97. The van der Waals surface area contributed by atoms with Gasteiger partial charge in [0.25, 0.3) is 0 Å². The number of nitrogens with zero attached hydrogens (tertiary/aromatic N) is 1. The van der Waals surface area contributed by atoms with Gasteiger partial charge in [-0.05, 0) is 43.4 Å². The molecule has 1 fully saturated rings. The fourth-order valence-electron chi connectivity index (χ4n) is 2.44. The minimum absolute atomic E-state index is 0.588. The molecule has 0 amide bonds. The van der Waals surface area contributed by atoms with Crippen LogP contribution in [0.4, 0.5) is 5.69 Å². The van der Waals surface area contributed by atoms with Crippen molar-refractivity contribution in [3.63, 3.8) is 0 Å². The van der Waals surface area contributed by atoms with Gasteiger partial charge in [0.1, 0.15) is 0 Å². The van der Waals surface area contributed by atoms with E-state index in [0.29, 0.717) is 11.1 Å². The zero-order chi connectivity index (χ0) is 13.8. The number of methoxy groups -OCH3 is 1. The van der Waals surface area contributed by atoms with E-state index in [0.717, 1.165) is 36.9 Å².